The molecule has 3 heteroatoms. The van der Waals surface area contributed by atoms with Crippen LogP contribution in [0.2, 0.25) is 0 Å². The predicted molar refractivity (Wildman–Crippen MR) is 81.9 cm³/mol. The summed E-state index contributed by atoms with van der Waals surface area (Å²) in [5.74, 6) is 1.51. The van der Waals surface area contributed by atoms with Crippen LogP contribution in [-0.2, 0) is 12.8 Å². The lowest BCUT2D eigenvalue weighted by Crippen LogP contribution is -2.11. The first kappa shape index (κ1) is 14.0. The lowest BCUT2D eigenvalue weighted by molar-refractivity contribution is 0.105. The molecule has 0 amide bonds. The summed E-state index contributed by atoms with van der Waals surface area (Å²) in [6.07, 6.45) is 2.82. The Bertz CT molecular complexity index is 622. The van der Waals surface area contributed by atoms with Gasteiger partial charge in [0.1, 0.15) is 24.2 Å². The molecule has 0 saturated heterocycles. The van der Waals surface area contributed by atoms with Crippen LogP contribution in [0.25, 0.3) is 0 Å². The topological polar surface area (TPSA) is 38.7 Å². The number of hydrogen-bond donors (Lipinski definition) is 1. The quantitative estimate of drug-likeness (QED) is 0.915. The summed E-state index contributed by atoms with van der Waals surface area (Å²) in [5, 5.41) is 10.3. The highest BCUT2D eigenvalue weighted by atomic mass is 16.5. The Morgan fingerprint density at radius 3 is 2.76 bits per heavy atom. The number of benzene rings is 2. The highest BCUT2D eigenvalue weighted by molar-refractivity contribution is 5.39. The lowest BCUT2D eigenvalue weighted by atomic mass is 10.1. The number of aliphatic hydroxyl groups excluding tert-OH is 1. The number of aryl methyl sites for hydroxylation is 2. The normalized spacial score (nSPS) is 14.6. The van der Waals surface area contributed by atoms with Gasteiger partial charge in [0.05, 0.1) is 7.11 Å². The summed E-state index contributed by atoms with van der Waals surface area (Å²) in [7, 11) is 1.60. The Hall–Kier alpha value is -2.00. The van der Waals surface area contributed by atoms with Crippen LogP contribution in [-0.4, -0.2) is 18.8 Å². The summed E-state index contributed by atoms with van der Waals surface area (Å²) in [5.41, 5.74) is 3.55. The van der Waals surface area contributed by atoms with Gasteiger partial charge in [0, 0.05) is 5.56 Å². The molecule has 1 atom stereocenters. The van der Waals surface area contributed by atoms with E-state index in [1.165, 1.54) is 24.0 Å². The Kier molecular flexibility index (Phi) is 4.11. The fourth-order valence-electron chi connectivity index (χ4n) is 2.84. The van der Waals surface area contributed by atoms with Crippen molar-refractivity contribution in [3.8, 4) is 11.5 Å². The van der Waals surface area contributed by atoms with Crippen LogP contribution in [0.15, 0.2) is 42.5 Å². The molecule has 1 aliphatic carbocycles. The Morgan fingerprint density at radius 1 is 1.10 bits per heavy atom. The summed E-state index contributed by atoms with van der Waals surface area (Å²) >= 11 is 0. The molecule has 0 spiro atoms. The highest BCUT2D eigenvalue weighted by Gasteiger charge is 2.15. The Balaban J connectivity index is 1.67. The van der Waals surface area contributed by atoms with Gasteiger partial charge in [-0.25, -0.2) is 0 Å². The van der Waals surface area contributed by atoms with E-state index in [9.17, 15) is 5.11 Å². The van der Waals surface area contributed by atoms with Gasteiger partial charge in [-0.05, 0) is 48.6 Å². The molecule has 0 aromatic heterocycles. The van der Waals surface area contributed by atoms with Crippen molar-refractivity contribution in [3.63, 3.8) is 0 Å². The molecule has 0 aliphatic heterocycles. The second-order valence-electron chi connectivity index (χ2n) is 5.35. The predicted octanol–water partition coefficient (Wildman–Crippen LogP) is 3.30. The number of hydrogen-bond acceptors (Lipinski definition) is 3. The van der Waals surface area contributed by atoms with Crippen LogP contribution in [0.5, 0.6) is 11.5 Å². The summed E-state index contributed by atoms with van der Waals surface area (Å²) in [6.45, 7) is 0.221. The van der Waals surface area contributed by atoms with Crippen molar-refractivity contribution in [2.75, 3.05) is 13.7 Å². The van der Waals surface area contributed by atoms with E-state index in [0.29, 0.717) is 5.75 Å². The molecule has 0 bridgehead atoms. The largest absolute Gasteiger partial charge is 0.496 e. The molecule has 110 valence electrons. The summed E-state index contributed by atoms with van der Waals surface area (Å²) in [4.78, 5) is 0. The SMILES string of the molecule is COc1ccccc1C(O)COc1ccc2c(c1)CCC2. The molecule has 21 heavy (non-hydrogen) atoms. The number of para-hydroxylation sites is 1. The van der Waals surface area contributed by atoms with Crippen LogP contribution in [0.3, 0.4) is 0 Å². The molecule has 2 aromatic rings. The average Bonchev–Trinajstić information content (AvgIpc) is 3.00. The molecule has 1 unspecified atom stereocenters. The summed E-state index contributed by atoms with van der Waals surface area (Å²) < 4.78 is 11.0. The molecule has 1 aliphatic rings. The van der Waals surface area contributed by atoms with Gasteiger partial charge in [-0.15, -0.1) is 0 Å². The Morgan fingerprint density at radius 2 is 1.90 bits per heavy atom. The average molecular weight is 284 g/mol. The van der Waals surface area contributed by atoms with Crippen molar-refractivity contribution < 1.29 is 14.6 Å². The van der Waals surface area contributed by atoms with E-state index in [1.54, 1.807) is 7.11 Å². The number of fused-ring (bicyclic) bond motifs is 1. The van der Waals surface area contributed by atoms with Gasteiger partial charge in [-0.1, -0.05) is 24.3 Å². The second-order valence-corrected chi connectivity index (χ2v) is 5.35. The van der Waals surface area contributed by atoms with Crippen molar-refractivity contribution in [1.82, 2.24) is 0 Å². The molecule has 3 rings (SSSR count). The molecule has 0 heterocycles. The second kappa shape index (κ2) is 6.19. The molecule has 3 nitrogen and oxygen atoms in total. The lowest BCUT2D eigenvalue weighted by Gasteiger charge is -2.16. The number of aliphatic hydroxyl groups is 1. The zero-order valence-corrected chi connectivity index (χ0v) is 12.2. The molecule has 0 radical (unpaired) electrons. The van der Waals surface area contributed by atoms with Gasteiger partial charge in [0.15, 0.2) is 0 Å². The third-order valence-electron chi connectivity index (χ3n) is 3.98. The molecule has 0 saturated carbocycles. The van der Waals surface area contributed by atoms with E-state index in [0.717, 1.165) is 17.7 Å². The van der Waals surface area contributed by atoms with E-state index in [1.807, 2.05) is 30.3 Å². The minimum absolute atomic E-state index is 0.221. The minimum atomic E-state index is -0.700. The van der Waals surface area contributed by atoms with Crippen LogP contribution in [0.1, 0.15) is 29.2 Å². The van der Waals surface area contributed by atoms with Crippen molar-refractivity contribution in [1.29, 1.82) is 0 Å². The van der Waals surface area contributed by atoms with Crippen molar-refractivity contribution in [2.24, 2.45) is 0 Å². The molecular weight excluding hydrogens is 264 g/mol. The van der Waals surface area contributed by atoms with Crippen LogP contribution >= 0.6 is 0 Å². The van der Waals surface area contributed by atoms with Crippen LogP contribution < -0.4 is 9.47 Å². The van der Waals surface area contributed by atoms with E-state index >= 15 is 0 Å². The first-order valence-corrected chi connectivity index (χ1v) is 7.33. The smallest absolute Gasteiger partial charge is 0.124 e. The third-order valence-corrected chi connectivity index (χ3v) is 3.98. The van der Waals surface area contributed by atoms with Crippen molar-refractivity contribution in [3.05, 3.63) is 59.2 Å². The fraction of sp³-hybridized carbons (Fsp3) is 0.333. The van der Waals surface area contributed by atoms with Gasteiger partial charge in [0.25, 0.3) is 0 Å². The fourth-order valence-corrected chi connectivity index (χ4v) is 2.84. The van der Waals surface area contributed by atoms with Crippen LogP contribution in [0, 0.1) is 0 Å². The first-order valence-electron chi connectivity index (χ1n) is 7.33. The van der Waals surface area contributed by atoms with Gasteiger partial charge in [-0.3, -0.25) is 0 Å². The first-order chi connectivity index (χ1) is 10.3. The minimum Gasteiger partial charge on any atom is -0.496 e. The molecule has 0 fully saturated rings. The van der Waals surface area contributed by atoms with Crippen LogP contribution in [0.4, 0.5) is 0 Å². The Labute approximate surface area is 125 Å². The summed E-state index contributed by atoms with van der Waals surface area (Å²) in [6, 6.07) is 13.7. The maximum absolute atomic E-state index is 10.3. The monoisotopic (exact) mass is 284 g/mol. The van der Waals surface area contributed by atoms with E-state index in [2.05, 4.69) is 12.1 Å². The maximum Gasteiger partial charge on any atom is 0.124 e. The van der Waals surface area contributed by atoms with E-state index in [-0.39, 0.29) is 6.61 Å². The van der Waals surface area contributed by atoms with Crippen molar-refractivity contribution >= 4 is 0 Å². The zero-order chi connectivity index (χ0) is 14.7. The van der Waals surface area contributed by atoms with E-state index < -0.39 is 6.10 Å². The van der Waals surface area contributed by atoms with Gasteiger partial charge >= 0.3 is 0 Å². The van der Waals surface area contributed by atoms with Gasteiger partial charge in [0.2, 0.25) is 0 Å². The van der Waals surface area contributed by atoms with Gasteiger partial charge in [-0.2, -0.15) is 0 Å². The number of rotatable bonds is 5. The number of methoxy groups -OCH3 is 1. The highest BCUT2D eigenvalue weighted by Crippen LogP contribution is 2.28. The molecule has 1 N–H and O–H groups in total. The standard InChI is InChI=1S/C18H20O3/c1-20-18-8-3-2-7-16(18)17(19)12-21-15-10-9-13-5-4-6-14(13)11-15/h2-3,7-11,17,19H,4-6,12H2,1H3. The third kappa shape index (κ3) is 3.03. The van der Waals surface area contributed by atoms with Crippen molar-refractivity contribution in [2.45, 2.75) is 25.4 Å². The zero-order valence-electron chi connectivity index (χ0n) is 12.2. The van der Waals surface area contributed by atoms with Gasteiger partial charge < -0.3 is 14.6 Å². The number of ether oxygens (including phenoxy) is 2. The molecule has 2 aromatic carbocycles. The maximum atomic E-state index is 10.3. The molecular formula is C18H20O3. The van der Waals surface area contributed by atoms with E-state index in [4.69, 9.17) is 9.47 Å².